The van der Waals surface area contributed by atoms with Crippen molar-refractivity contribution in [1.29, 1.82) is 0 Å². The van der Waals surface area contributed by atoms with Crippen LogP contribution in [0.1, 0.15) is 11.3 Å². The van der Waals surface area contributed by atoms with Crippen LogP contribution in [0.25, 0.3) is 17.0 Å². The maximum Gasteiger partial charge on any atom is 0.363 e. The van der Waals surface area contributed by atoms with Gasteiger partial charge in [-0.15, -0.1) is 0 Å². The first-order chi connectivity index (χ1) is 11.2. The molecule has 0 amide bonds. The normalized spacial score (nSPS) is 15.9. The van der Waals surface area contributed by atoms with E-state index >= 15 is 0 Å². The van der Waals surface area contributed by atoms with Gasteiger partial charge in [0.2, 0.25) is 0 Å². The van der Waals surface area contributed by atoms with Gasteiger partial charge in [0, 0.05) is 0 Å². The van der Waals surface area contributed by atoms with Gasteiger partial charge in [-0.3, -0.25) is 4.79 Å². The number of carbonyl (C=O) groups is 1. The highest BCUT2D eigenvalue weighted by atomic mass is 16.6. The monoisotopic (exact) mass is 307 g/mol. The Morgan fingerprint density at radius 3 is 2.70 bits per heavy atom. The largest absolute Gasteiger partial charge is 0.463 e. The van der Waals surface area contributed by atoms with Crippen molar-refractivity contribution >= 4 is 28.9 Å². The number of aliphatic imine (C=N–C) groups is 1. The highest BCUT2D eigenvalue weighted by Crippen LogP contribution is 2.19. The Morgan fingerprint density at radius 1 is 1.00 bits per heavy atom. The highest BCUT2D eigenvalue weighted by Gasteiger charge is 2.26. The van der Waals surface area contributed by atoms with Crippen molar-refractivity contribution in [2.45, 2.75) is 0 Å². The molecule has 0 N–H and O–H groups in total. The van der Waals surface area contributed by atoms with Gasteiger partial charge in [0.1, 0.15) is 11.8 Å². The van der Waals surface area contributed by atoms with E-state index in [4.69, 9.17) is 13.6 Å². The highest BCUT2D eigenvalue weighted by molar-refractivity contribution is 6.11. The Labute approximate surface area is 129 Å². The Hall–Kier alpha value is -3.41. The molecule has 6 heteroatoms. The molecular formula is C17H9NO5. The molecule has 1 aliphatic rings. The molecule has 0 saturated carbocycles. The summed E-state index contributed by atoms with van der Waals surface area (Å²) in [7, 11) is 0. The molecule has 1 aliphatic heterocycles. The van der Waals surface area contributed by atoms with Gasteiger partial charge in [0.05, 0.1) is 17.2 Å². The van der Waals surface area contributed by atoms with Crippen LogP contribution >= 0.6 is 0 Å². The number of carbonyl (C=O) groups excluding carboxylic acids is 1. The van der Waals surface area contributed by atoms with Gasteiger partial charge in [-0.2, -0.15) is 0 Å². The molecule has 1 aromatic carbocycles. The molecule has 0 spiro atoms. The number of furan rings is 1. The van der Waals surface area contributed by atoms with Crippen molar-refractivity contribution in [2.24, 2.45) is 4.99 Å². The first kappa shape index (κ1) is 13.3. The van der Waals surface area contributed by atoms with Gasteiger partial charge < -0.3 is 13.6 Å². The van der Waals surface area contributed by atoms with Crippen LogP contribution in [-0.4, -0.2) is 11.9 Å². The number of ether oxygens (including phenoxy) is 1. The van der Waals surface area contributed by atoms with E-state index in [-0.39, 0.29) is 22.6 Å². The maximum absolute atomic E-state index is 12.4. The van der Waals surface area contributed by atoms with Gasteiger partial charge in [-0.25, -0.2) is 9.79 Å². The molecule has 6 nitrogen and oxygen atoms in total. The summed E-state index contributed by atoms with van der Waals surface area (Å²) in [4.78, 5) is 28.3. The molecule has 0 bridgehead atoms. The van der Waals surface area contributed by atoms with Crippen LogP contribution in [0.4, 0.5) is 0 Å². The Kier molecular flexibility index (Phi) is 2.94. The van der Waals surface area contributed by atoms with Crippen LogP contribution in [0, 0.1) is 0 Å². The first-order valence-electron chi connectivity index (χ1n) is 6.79. The van der Waals surface area contributed by atoms with E-state index in [0.717, 1.165) is 0 Å². The van der Waals surface area contributed by atoms with Gasteiger partial charge >= 0.3 is 5.97 Å². The van der Waals surface area contributed by atoms with Gasteiger partial charge in [0.25, 0.3) is 5.90 Å². The van der Waals surface area contributed by atoms with E-state index in [2.05, 4.69) is 4.99 Å². The lowest BCUT2D eigenvalue weighted by Crippen LogP contribution is -2.07. The number of cyclic esters (lactones) is 1. The molecule has 23 heavy (non-hydrogen) atoms. The fourth-order valence-electron chi connectivity index (χ4n) is 2.25. The molecule has 0 fully saturated rings. The zero-order valence-corrected chi connectivity index (χ0v) is 11.7. The summed E-state index contributed by atoms with van der Waals surface area (Å²) in [5.41, 5.74) is 0.473. The molecular weight excluding hydrogens is 298 g/mol. The van der Waals surface area contributed by atoms with E-state index in [1.807, 2.05) is 0 Å². The summed E-state index contributed by atoms with van der Waals surface area (Å²) < 4.78 is 15.6. The Bertz CT molecular complexity index is 1020. The van der Waals surface area contributed by atoms with Gasteiger partial charge in [0.15, 0.2) is 16.9 Å². The van der Waals surface area contributed by atoms with Crippen molar-refractivity contribution in [3.63, 3.8) is 0 Å². The Balaban J connectivity index is 1.80. The van der Waals surface area contributed by atoms with Crippen LogP contribution in [0.3, 0.4) is 0 Å². The Morgan fingerprint density at radius 2 is 1.87 bits per heavy atom. The minimum atomic E-state index is -0.649. The predicted molar refractivity (Wildman–Crippen MR) is 81.8 cm³/mol. The number of esters is 1. The number of nitrogens with zero attached hydrogens (tertiary/aromatic N) is 1. The fraction of sp³-hybridized carbons (Fsp3) is 0. The van der Waals surface area contributed by atoms with Gasteiger partial charge in [-0.1, -0.05) is 12.1 Å². The minimum absolute atomic E-state index is 0.0129. The summed E-state index contributed by atoms with van der Waals surface area (Å²) in [5.74, 6) is -0.243. The third-order valence-electron chi connectivity index (χ3n) is 3.35. The molecule has 0 saturated heterocycles. The fourth-order valence-corrected chi connectivity index (χ4v) is 2.25. The van der Waals surface area contributed by atoms with E-state index in [9.17, 15) is 9.59 Å². The predicted octanol–water partition coefficient (Wildman–Crippen LogP) is 2.73. The molecule has 0 atom stereocenters. The minimum Gasteiger partial charge on any atom is -0.463 e. The second-order valence-corrected chi connectivity index (χ2v) is 4.83. The zero-order chi connectivity index (χ0) is 15.8. The lowest BCUT2D eigenvalue weighted by Gasteiger charge is -1.97. The zero-order valence-electron chi connectivity index (χ0n) is 11.7. The molecule has 112 valence electrons. The number of hydrogen-bond donors (Lipinski definition) is 0. The molecule has 2 aromatic heterocycles. The lowest BCUT2D eigenvalue weighted by atomic mass is 10.1. The second-order valence-electron chi connectivity index (χ2n) is 4.83. The molecule has 3 aromatic rings. The number of fused-ring (bicyclic) bond motifs is 1. The first-order valence-corrected chi connectivity index (χ1v) is 6.79. The number of para-hydroxylation sites is 1. The third-order valence-corrected chi connectivity index (χ3v) is 3.35. The summed E-state index contributed by atoms with van der Waals surface area (Å²) in [6.45, 7) is 0. The van der Waals surface area contributed by atoms with Crippen LogP contribution in [-0.2, 0) is 9.53 Å². The average molecular weight is 307 g/mol. The van der Waals surface area contributed by atoms with E-state index in [1.54, 1.807) is 36.4 Å². The molecule has 0 aliphatic carbocycles. The summed E-state index contributed by atoms with van der Waals surface area (Å²) >= 11 is 0. The average Bonchev–Trinajstić information content (AvgIpc) is 3.21. The molecule has 0 unspecified atom stereocenters. The van der Waals surface area contributed by atoms with Gasteiger partial charge in [-0.05, 0) is 30.3 Å². The topological polar surface area (TPSA) is 82.0 Å². The quantitative estimate of drug-likeness (QED) is 0.537. The van der Waals surface area contributed by atoms with Crippen LogP contribution in [0.2, 0.25) is 0 Å². The third kappa shape index (κ3) is 2.26. The summed E-state index contributed by atoms with van der Waals surface area (Å²) in [6, 6.07) is 10.2. The van der Waals surface area contributed by atoms with Crippen LogP contribution in [0.5, 0.6) is 0 Å². The SMILES string of the molecule is O=C1OC(c2ccco2)=N/C1=C\c1coc2ccccc2c1=O. The van der Waals surface area contributed by atoms with Crippen LogP contribution < -0.4 is 5.43 Å². The number of rotatable bonds is 2. The van der Waals surface area contributed by atoms with Crippen molar-refractivity contribution in [2.75, 3.05) is 0 Å². The van der Waals surface area contributed by atoms with Crippen molar-refractivity contribution in [3.05, 3.63) is 76.2 Å². The van der Waals surface area contributed by atoms with E-state index < -0.39 is 5.97 Å². The molecule has 4 rings (SSSR count). The number of benzene rings is 1. The standard InChI is InChI=1S/C17H9NO5/c19-15-10(9-22-13-5-2-1-4-11(13)15)8-12-17(20)23-16(18-12)14-6-3-7-21-14/h1-9H/b12-8-. The van der Waals surface area contributed by atoms with E-state index in [1.165, 1.54) is 18.6 Å². The maximum atomic E-state index is 12.4. The van der Waals surface area contributed by atoms with Crippen LogP contribution in [0.15, 0.2) is 73.2 Å². The van der Waals surface area contributed by atoms with Crippen molar-refractivity contribution in [3.8, 4) is 0 Å². The second kappa shape index (κ2) is 5.10. The smallest absolute Gasteiger partial charge is 0.363 e. The summed E-state index contributed by atoms with van der Waals surface area (Å²) in [5, 5.41) is 0.434. The number of hydrogen-bond acceptors (Lipinski definition) is 6. The van der Waals surface area contributed by atoms with Crippen molar-refractivity contribution in [1.82, 2.24) is 0 Å². The molecule has 3 heterocycles. The lowest BCUT2D eigenvalue weighted by molar-refractivity contribution is -0.130. The van der Waals surface area contributed by atoms with E-state index in [0.29, 0.717) is 16.7 Å². The molecule has 0 radical (unpaired) electrons. The van der Waals surface area contributed by atoms with Crippen molar-refractivity contribution < 1.29 is 18.4 Å². The summed E-state index contributed by atoms with van der Waals surface area (Å²) in [6.07, 6.45) is 4.09.